The van der Waals surface area contributed by atoms with Gasteiger partial charge in [-0.15, -0.1) is 0 Å². The zero-order valence-electron chi connectivity index (χ0n) is 20.9. The molecule has 0 amide bonds. The first-order chi connectivity index (χ1) is 16.3. The van der Waals surface area contributed by atoms with Crippen LogP contribution in [0, 0.1) is 27.7 Å². The lowest BCUT2D eigenvalue weighted by Gasteiger charge is -2.10. The zero-order valence-corrected chi connectivity index (χ0v) is 20.9. The fourth-order valence-electron chi connectivity index (χ4n) is 4.74. The third-order valence-electron chi connectivity index (χ3n) is 6.87. The Balaban J connectivity index is 1.33. The molecule has 0 aliphatic heterocycles. The van der Waals surface area contributed by atoms with Crippen LogP contribution in [0.4, 0.5) is 11.4 Å². The molecule has 4 aromatic rings. The third kappa shape index (κ3) is 5.69. The SMILES string of the molecule is Cc1cc(Cc2ccc(CCc3ccc(Cc4cc(C)c(N)c(C)c4)cc3)cc2)cc(C)c1N. The van der Waals surface area contributed by atoms with Gasteiger partial charge in [0, 0.05) is 11.4 Å². The molecular weight excluding hydrogens is 412 g/mol. The minimum atomic E-state index is 0.905. The highest BCUT2D eigenvalue weighted by atomic mass is 14.6. The van der Waals surface area contributed by atoms with Crippen molar-refractivity contribution in [3.8, 4) is 0 Å². The summed E-state index contributed by atoms with van der Waals surface area (Å²) in [5.74, 6) is 0. The van der Waals surface area contributed by atoms with Gasteiger partial charge in [-0.25, -0.2) is 0 Å². The van der Waals surface area contributed by atoms with Crippen molar-refractivity contribution in [1.82, 2.24) is 0 Å². The van der Waals surface area contributed by atoms with E-state index in [4.69, 9.17) is 11.5 Å². The molecule has 174 valence electrons. The number of rotatable bonds is 7. The second-order valence-electron chi connectivity index (χ2n) is 9.77. The lowest BCUT2D eigenvalue weighted by molar-refractivity contribution is 0.955. The van der Waals surface area contributed by atoms with E-state index in [0.717, 1.165) is 59.3 Å². The fraction of sp³-hybridized carbons (Fsp3) is 0.250. The average molecular weight is 449 g/mol. The summed E-state index contributed by atoms with van der Waals surface area (Å²) in [6.45, 7) is 8.34. The molecule has 0 unspecified atom stereocenters. The Labute approximate surface area is 204 Å². The summed E-state index contributed by atoms with van der Waals surface area (Å²) in [4.78, 5) is 0. The van der Waals surface area contributed by atoms with Crippen molar-refractivity contribution in [3.63, 3.8) is 0 Å². The maximum absolute atomic E-state index is 6.10. The second kappa shape index (κ2) is 10.2. The van der Waals surface area contributed by atoms with Gasteiger partial charge in [0.25, 0.3) is 0 Å². The summed E-state index contributed by atoms with van der Waals surface area (Å²) < 4.78 is 0. The zero-order chi connectivity index (χ0) is 24.2. The first kappa shape index (κ1) is 23.6. The molecule has 0 saturated heterocycles. The predicted octanol–water partition coefficient (Wildman–Crippen LogP) is 7.05. The van der Waals surface area contributed by atoms with Crippen molar-refractivity contribution in [3.05, 3.63) is 128 Å². The molecule has 0 saturated carbocycles. The van der Waals surface area contributed by atoms with Gasteiger partial charge in [-0.2, -0.15) is 0 Å². The van der Waals surface area contributed by atoms with E-state index in [1.165, 1.54) is 33.4 Å². The van der Waals surface area contributed by atoms with Crippen molar-refractivity contribution in [2.45, 2.75) is 53.4 Å². The quantitative estimate of drug-likeness (QED) is 0.298. The van der Waals surface area contributed by atoms with Crippen molar-refractivity contribution in [1.29, 1.82) is 0 Å². The highest BCUT2D eigenvalue weighted by molar-refractivity contribution is 5.55. The Kier molecular flexibility index (Phi) is 7.07. The van der Waals surface area contributed by atoms with Crippen LogP contribution >= 0.6 is 0 Å². The lowest BCUT2D eigenvalue weighted by atomic mass is 9.96. The molecule has 0 atom stereocenters. The smallest absolute Gasteiger partial charge is 0.0373 e. The molecule has 0 fully saturated rings. The van der Waals surface area contributed by atoms with Gasteiger partial charge in [0.05, 0.1) is 0 Å². The molecule has 4 rings (SSSR count). The monoisotopic (exact) mass is 448 g/mol. The summed E-state index contributed by atoms with van der Waals surface area (Å²) in [6, 6.07) is 26.9. The number of nitrogen functional groups attached to an aromatic ring is 2. The van der Waals surface area contributed by atoms with Crippen LogP contribution in [0.25, 0.3) is 0 Å². The van der Waals surface area contributed by atoms with Gasteiger partial charge in [-0.05, 0) is 109 Å². The molecule has 2 nitrogen and oxygen atoms in total. The van der Waals surface area contributed by atoms with Crippen LogP contribution in [0.1, 0.15) is 55.6 Å². The molecule has 2 heteroatoms. The highest BCUT2D eigenvalue weighted by Crippen LogP contribution is 2.22. The van der Waals surface area contributed by atoms with Gasteiger partial charge in [-0.1, -0.05) is 72.8 Å². The fourth-order valence-corrected chi connectivity index (χ4v) is 4.74. The molecular formula is C32H36N2. The van der Waals surface area contributed by atoms with Crippen molar-refractivity contribution in [2.24, 2.45) is 0 Å². The standard InChI is InChI=1S/C32H36N2/c1-21-15-29(16-22(2)31(21)33)19-27-11-7-25(8-12-27)5-6-26-9-13-28(14-10-26)20-30-17-23(3)32(34)24(4)18-30/h7-18H,5-6,19-20,33-34H2,1-4H3. The van der Waals surface area contributed by atoms with Crippen LogP contribution in [0.5, 0.6) is 0 Å². The molecule has 0 aliphatic rings. The number of anilines is 2. The van der Waals surface area contributed by atoms with Gasteiger partial charge in [-0.3, -0.25) is 0 Å². The van der Waals surface area contributed by atoms with Crippen LogP contribution in [0.2, 0.25) is 0 Å². The number of nitrogens with two attached hydrogens (primary N) is 2. The molecule has 0 radical (unpaired) electrons. The summed E-state index contributed by atoms with van der Waals surface area (Å²) in [6.07, 6.45) is 3.99. The molecule has 0 spiro atoms. The lowest BCUT2D eigenvalue weighted by Crippen LogP contribution is -1.98. The molecule has 0 aliphatic carbocycles. The molecule has 0 aromatic heterocycles. The largest absolute Gasteiger partial charge is 0.398 e. The summed E-state index contributed by atoms with van der Waals surface area (Å²) in [5.41, 5.74) is 26.7. The number of benzene rings is 4. The van der Waals surface area contributed by atoms with E-state index in [2.05, 4.69) is 100 Å². The number of aryl methyl sites for hydroxylation is 6. The molecule has 34 heavy (non-hydrogen) atoms. The second-order valence-corrected chi connectivity index (χ2v) is 9.77. The van der Waals surface area contributed by atoms with Gasteiger partial charge < -0.3 is 11.5 Å². The first-order valence-corrected chi connectivity index (χ1v) is 12.2. The van der Waals surface area contributed by atoms with Crippen LogP contribution in [-0.2, 0) is 25.7 Å². The van der Waals surface area contributed by atoms with E-state index in [1.54, 1.807) is 0 Å². The summed E-state index contributed by atoms with van der Waals surface area (Å²) in [7, 11) is 0. The third-order valence-corrected chi connectivity index (χ3v) is 6.87. The van der Waals surface area contributed by atoms with Crippen molar-refractivity contribution < 1.29 is 0 Å². The van der Waals surface area contributed by atoms with Crippen LogP contribution in [0.3, 0.4) is 0 Å². The van der Waals surface area contributed by atoms with E-state index in [9.17, 15) is 0 Å². The molecule has 0 heterocycles. The normalized spacial score (nSPS) is 11.1. The van der Waals surface area contributed by atoms with Crippen molar-refractivity contribution in [2.75, 3.05) is 11.5 Å². The topological polar surface area (TPSA) is 52.0 Å². The van der Waals surface area contributed by atoms with Crippen LogP contribution in [0.15, 0.2) is 72.8 Å². The Morgan fingerprint density at radius 3 is 0.971 bits per heavy atom. The van der Waals surface area contributed by atoms with Crippen molar-refractivity contribution >= 4 is 11.4 Å². The minimum Gasteiger partial charge on any atom is -0.398 e. The Morgan fingerprint density at radius 1 is 0.412 bits per heavy atom. The molecule has 0 bridgehead atoms. The number of hydrogen-bond donors (Lipinski definition) is 2. The minimum absolute atomic E-state index is 0.905. The maximum Gasteiger partial charge on any atom is 0.0373 e. The first-order valence-electron chi connectivity index (χ1n) is 12.2. The average Bonchev–Trinajstić information content (AvgIpc) is 2.81. The van der Waals surface area contributed by atoms with Crippen LogP contribution in [-0.4, -0.2) is 0 Å². The Morgan fingerprint density at radius 2 is 0.676 bits per heavy atom. The highest BCUT2D eigenvalue weighted by Gasteiger charge is 2.05. The van der Waals surface area contributed by atoms with E-state index in [-0.39, 0.29) is 0 Å². The number of hydrogen-bond acceptors (Lipinski definition) is 2. The summed E-state index contributed by atoms with van der Waals surface area (Å²) >= 11 is 0. The van der Waals surface area contributed by atoms with E-state index in [0.29, 0.717) is 0 Å². The maximum atomic E-state index is 6.10. The van der Waals surface area contributed by atoms with E-state index < -0.39 is 0 Å². The van der Waals surface area contributed by atoms with E-state index >= 15 is 0 Å². The Hall–Kier alpha value is -3.52. The van der Waals surface area contributed by atoms with Gasteiger partial charge >= 0.3 is 0 Å². The van der Waals surface area contributed by atoms with Gasteiger partial charge in [0.15, 0.2) is 0 Å². The molecule has 4 N–H and O–H groups in total. The van der Waals surface area contributed by atoms with Crippen LogP contribution < -0.4 is 11.5 Å². The summed E-state index contributed by atoms with van der Waals surface area (Å²) in [5, 5.41) is 0. The van der Waals surface area contributed by atoms with Gasteiger partial charge in [0.2, 0.25) is 0 Å². The Bertz CT molecular complexity index is 1130. The van der Waals surface area contributed by atoms with E-state index in [1.807, 2.05) is 0 Å². The van der Waals surface area contributed by atoms with Gasteiger partial charge in [0.1, 0.15) is 0 Å². The predicted molar refractivity (Wildman–Crippen MR) is 147 cm³/mol. The molecule has 4 aromatic carbocycles.